The Morgan fingerprint density at radius 3 is 3.05 bits per heavy atom. The van der Waals surface area contributed by atoms with Crippen molar-refractivity contribution in [2.24, 2.45) is 0 Å². The highest BCUT2D eigenvalue weighted by atomic mass is 16.5. The van der Waals surface area contributed by atoms with Crippen LogP contribution in [0.4, 0.5) is 0 Å². The summed E-state index contributed by atoms with van der Waals surface area (Å²) in [6.07, 6.45) is 4.98. The molecule has 1 N–H and O–H groups in total. The highest BCUT2D eigenvalue weighted by Gasteiger charge is 2.34. The van der Waals surface area contributed by atoms with Crippen molar-refractivity contribution in [2.75, 3.05) is 13.2 Å². The molecule has 4 heterocycles. The zero-order valence-electron chi connectivity index (χ0n) is 12.5. The van der Waals surface area contributed by atoms with Crippen LogP contribution in [0, 0.1) is 0 Å². The number of rotatable bonds is 3. The van der Waals surface area contributed by atoms with Gasteiger partial charge in [-0.2, -0.15) is 0 Å². The summed E-state index contributed by atoms with van der Waals surface area (Å²) in [5.74, 6) is 0.940. The van der Waals surface area contributed by atoms with Gasteiger partial charge in [0.1, 0.15) is 22.5 Å². The van der Waals surface area contributed by atoms with E-state index in [0.717, 1.165) is 34.3 Å². The first-order valence-corrected chi connectivity index (χ1v) is 7.59. The molecule has 1 unspecified atom stereocenters. The maximum Gasteiger partial charge on any atom is 0.115 e. The molecule has 114 valence electrons. The molecule has 6 nitrogen and oxygen atoms in total. The first kappa shape index (κ1) is 13.6. The molecule has 22 heavy (non-hydrogen) atoms. The minimum Gasteiger partial charge on any atom is -0.386 e. The van der Waals surface area contributed by atoms with E-state index in [-0.39, 0.29) is 0 Å². The lowest BCUT2D eigenvalue weighted by molar-refractivity contribution is 0.0121. The van der Waals surface area contributed by atoms with Crippen LogP contribution in [0.15, 0.2) is 24.5 Å². The summed E-state index contributed by atoms with van der Waals surface area (Å²) in [4.78, 5) is 13.6. The molecule has 0 amide bonds. The molecule has 0 aromatic carbocycles. The molecule has 3 aromatic rings. The second kappa shape index (κ2) is 5.00. The number of pyridine rings is 2. The van der Waals surface area contributed by atoms with Crippen LogP contribution >= 0.6 is 0 Å². The molecule has 0 radical (unpaired) electrons. The molecule has 0 spiro atoms. The van der Waals surface area contributed by atoms with E-state index in [2.05, 4.69) is 26.4 Å². The molecule has 0 saturated carbocycles. The van der Waals surface area contributed by atoms with Crippen molar-refractivity contribution in [3.63, 3.8) is 0 Å². The zero-order chi connectivity index (χ0) is 15.2. The predicted octanol–water partition coefficient (Wildman–Crippen LogP) is 1.69. The first-order chi connectivity index (χ1) is 10.7. The molecule has 0 aliphatic carbocycles. The van der Waals surface area contributed by atoms with Gasteiger partial charge in [-0.15, -0.1) is 0 Å². The summed E-state index contributed by atoms with van der Waals surface area (Å²) in [5, 5.41) is 10.7. The van der Waals surface area contributed by atoms with Gasteiger partial charge in [0.25, 0.3) is 0 Å². The Morgan fingerprint density at radius 1 is 1.36 bits per heavy atom. The standard InChI is InChI=1S/C16H18N4O2/c1-2-13-19-12-8-18-11-4-3-6-17-14(11)15(12)20(13)9-16(21)5-7-22-10-16/h3-4,6,8,21H,2,5,7,9-10H2,1H3. The van der Waals surface area contributed by atoms with E-state index in [9.17, 15) is 5.11 Å². The van der Waals surface area contributed by atoms with Crippen molar-refractivity contribution in [1.82, 2.24) is 19.5 Å². The van der Waals surface area contributed by atoms with Crippen LogP contribution in [0.25, 0.3) is 22.1 Å². The second-order valence-electron chi connectivity index (χ2n) is 5.86. The number of aryl methyl sites for hydroxylation is 1. The first-order valence-electron chi connectivity index (χ1n) is 7.59. The van der Waals surface area contributed by atoms with Gasteiger partial charge in [0, 0.05) is 25.6 Å². The van der Waals surface area contributed by atoms with Crippen molar-refractivity contribution < 1.29 is 9.84 Å². The Labute approximate surface area is 127 Å². The van der Waals surface area contributed by atoms with Crippen molar-refractivity contribution in [1.29, 1.82) is 0 Å². The number of aromatic nitrogens is 4. The van der Waals surface area contributed by atoms with E-state index in [1.807, 2.05) is 12.1 Å². The maximum absolute atomic E-state index is 10.7. The van der Waals surface area contributed by atoms with Gasteiger partial charge in [0.2, 0.25) is 0 Å². The third kappa shape index (κ3) is 2.07. The van der Waals surface area contributed by atoms with Crippen molar-refractivity contribution in [3.8, 4) is 0 Å². The summed E-state index contributed by atoms with van der Waals surface area (Å²) in [6.45, 7) is 3.51. The van der Waals surface area contributed by atoms with E-state index in [1.54, 1.807) is 12.4 Å². The van der Waals surface area contributed by atoms with E-state index >= 15 is 0 Å². The summed E-state index contributed by atoms with van der Waals surface area (Å²) in [5.41, 5.74) is 2.61. The Balaban J connectivity index is 1.96. The number of nitrogens with zero attached hydrogens (tertiary/aromatic N) is 4. The topological polar surface area (TPSA) is 73.1 Å². The van der Waals surface area contributed by atoms with E-state index in [1.165, 1.54) is 0 Å². The average molecular weight is 298 g/mol. The van der Waals surface area contributed by atoms with Gasteiger partial charge < -0.3 is 14.4 Å². The Hall–Kier alpha value is -2.05. The summed E-state index contributed by atoms with van der Waals surface area (Å²) < 4.78 is 7.45. The predicted molar refractivity (Wildman–Crippen MR) is 82.6 cm³/mol. The number of aliphatic hydroxyl groups is 1. The van der Waals surface area contributed by atoms with Gasteiger partial charge in [-0.25, -0.2) is 4.98 Å². The number of ether oxygens (including phenoxy) is 1. The lowest BCUT2D eigenvalue weighted by atomic mass is 10.0. The maximum atomic E-state index is 10.7. The van der Waals surface area contributed by atoms with Crippen LogP contribution < -0.4 is 0 Å². The van der Waals surface area contributed by atoms with Gasteiger partial charge in [-0.3, -0.25) is 9.97 Å². The third-order valence-corrected chi connectivity index (χ3v) is 4.26. The number of imidazole rings is 1. The van der Waals surface area contributed by atoms with Crippen LogP contribution in [-0.2, 0) is 17.7 Å². The minimum atomic E-state index is -0.831. The van der Waals surface area contributed by atoms with Gasteiger partial charge >= 0.3 is 0 Å². The second-order valence-corrected chi connectivity index (χ2v) is 5.86. The molecule has 1 saturated heterocycles. The van der Waals surface area contributed by atoms with E-state index in [4.69, 9.17) is 4.74 Å². The normalized spacial score (nSPS) is 21.9. The SMILES string of the molecule is CCc1nc2cnc3cccnc3c2n1CC1(O)CCOC1. The lowest BCUT2D eigenvalue weighted by Crippen LogP contribution is -2.35. The number of hydrogen-bond donors (Lipinski definition) is 1. The summed E-state index contributed by atoms with van der Waals surface area (Å²) in [7, 11) is 0. The largest absolute Gasteiger partial charge is 0.386 e. The molecule has 1 fully saturated rings. The smallest absolute Gasteiger partial charge is 0.115 e. The van der Waals surface area contributed by atoms with Crippen LogP contribution in [0.2, 0.25) is 0 Å². The highest BCUT2D eigenvalue weighted by molar-refractivity contribution is 5.99. The fraction of sp³-hybridized carbons (Fsp3) is 0.438. The number of fused-ring (bicyclic) bond motifs is 3. The van der Waals surface area contributed by atoms with E-state index in [0.29, 0.717) is 26.2 Å². The molecule has 4 rings (SSSR count). The lowest BCUT2D eigenvalue weighted by Gasteiger charge is -2.22. The molecule has 3 aromatic heterocycles. The monoisotopic (exact) mass is 298 g/mol. The van der Waals surface area contributed by atoms with Gasteiger partial charge in [-0.05, 0) is 12.1 Å². The van der Waals surface area contributed by atoms with Gasteiger partial charge in [-0.1, -0.05) is 6.92 Å². The Bertz CT molecular complexity index is 837. The molecule has 1 aliphatic rings. The van der Waals surface area contributed by atoms with Crippen molar-refractivity contribution >= 4 is 22.1 Å². The molecular formula is C16H18N4O2. The van der Waals surface area contributed by atoms with Gasteiger partial charge in [0.15, 0.2) is 0 Å². The highest BCUT2D eigenvalue weighted by Crippen LogP contribution is 2.28. The Morgan fingerprint density at radius 2 is 2.27 bits per heavy atom. The Kier molecular flexibility index (Phi) is 3.09. The molecular weight excluding hydrogens is 280 g/mol. The van der Waals surface area contributed by atoms with Crippen LogP contribution in [0.1, 0.15) is 19.2 Å². The third-order valence-electron chi connectivity index (χ3n) is 4.26. The summed E-state index contributed by atoms with van der Waals surface area (Å²) in [6, 6.07) is 3.82. The van der Waals surface area contributed by atoms with E-state index < -0.39 is 5.60 Å². The number of hydrogen-bond acceptors (Lipinski definition) is 5. The average Bonchev–Trinajstić information content (AvgIpc) is 3.12. The molecule has 6 heteroatoms. The van der Waals surface area contributed by atoms with Crippen LogP contribution in [0.5, 0.6) is 0 Å². The molecule has 0 bridgehead atoms. The molecule has 1 aliphatic heterocycles. The molecule has 1 atom stereocenters. The quantitative estimate of drug-likeness (QED) is 0.796. The van der Waals surface area contributed by atoms with Crippen LogP contribution in [0.3, 0.4) is 0 Å². The van der Waals surface area contributed by atoms with Crippen molar-refractivity contribution in [3.05, 3.63) is 30.4 Å². The summed E-state index contributed by atoms with van der Waals surface area (Å²) >= 11 is 0. The minimum absolute atomic E-state index is 0.367. The fourth-order valence-corrected chi connectivity index (χ4v) is 3.13. The van der Waals surface area contributed by atoms with Gasteiger partial charge in [0.05, 0.1) is 30.4 Å². The fourth-order valence-electron chi connectivity index (χ4n) is 3.13. The zero-order valence-corrected chi connectivity index (χ0v) is 12.5. The van der Waals surface area contributed by atoms with Crippen molar-refractivity contribution in [2.45, 2.75) is 31.9 Å². The van der Waals surface area contributed by atoms with Crippen LogP contribution in [-0.4, -0.2) is 43.4 Å².